The molecule has 0 spiro atoms. The Kier molecular flexibility index (Phi) is 4.50. The maximum absolute atomic E-state index is 12.5. The minimum atomic E-state index is -0.0490. The molecule has 0 radical (unpaired) electrons. The van der Waals surface area contributed by atoms with Gasteiger partial charge in [0.25, 0.3) is 0 Å². The van der Waals surface area contributed by atoms with Gasteiger partial charge in [-0.1, -0.05) is 6.07 Å². The first-order valence-electron chi connectivity index (χ1n) is 6.69. The third kappa shape index (κ3) is 3.52. The SMILES string of the molecule is CN1CCCN(C)C(C(=O)Cc2cccnc2N)C1. The first-order valence-corrected chi connectivity index (χ1v) is 6.69. The van der Waals surface area contributed by atoms with Crippen molar-refractivity contribution in [1.82, 2.24) is 14.8 Å². The molecule has 1 aromatic heterocycles. The largest absolute Gasteiger partial charge is 0.383 e. The smallest absolute Gasteiger partial charge is 0.155 e. The number of carbonyl (C=O) groups is 1. The van der Waals surface area contributed by atoms with Gasteiger partial charge in [0.15, 0.2) is 5.78 Å². The van der Waals surface area contributed by atoms with Gasteiger partial charge >= 0.3 is 0 Å². The summed E-state index contributed by atoms with van der Waals surface area (Å²) in [6.07, 6.45) is 3.11. The number of hydrogen-bond donors (Lipinski definition) is 1. The second-order valence-electron chi connectivity index (χ2n) is 5.30. The van der Waals surface area contributed by atoms with Crippen LogP contribution in [0.15, 0.2) is 18.3 Å². The molecule has 1 unspecified atom stereocenters. The average molecular weight is 262 g/mol. The van der Waals surface area contributed by atoms with E-state index in [9.17, 15) is 4.79 Å². The fraction of sp³-hybridized carbons (Fsp3) is 0.571. The van der Waals surface area contributed by atoms with Gasteiger partial charge in [-0.25, -0.2) is 4.98 Å². The second-order valence-corrected chi connectivity index (χ2v) is 5.30. The number of aromatic nitrogens is 1. The number of rotatable bonds is 3. The van der Waals surface area contributed by atoms with E-state index in [0.29, 0.717) is 12.2 Å². The van der Waals surface area contributed by atoms with E-state index >= 15 is 0 Å². The molecule has 2 N–H and O–H groups in total. The highest BCUT2D eigenvalue weighted by Gasteiger charge is 2.27. The van der Waals surface area contributed by atoms with Gasteiger partial charge in [-0.05, 0) is 39.7 Å². The Morgan fingerprint density at radius 2 is 2.26 bits per heavy atom. The quantitative estimate of drug-likeness (QED) is 0.855. The predicted molar refractivity (Wildman–Crippen MR) is 75.9 cm³/mol. The van der Waals surface area contributed by atoms with E-state index in [0.717, 1.165) is 31.6 Å². The summed E-state index contributed by atoms with van der Waals surface area (Å²) < 4.78 is 0. The van der Waals surface area contributed by atoms with E-state index in [1.54, 1.807) is 6.20 Å². The molecule has 1 aliphatic rings. The molecule has 1 aliphatic heterocycles. The minimum absolute atomic E-state index is 0.0490. The first kappa shape index (κ1) is 14.0. The van der Waals surface area contributed by atoms with Crippen molar-refractivity contribution in [3.8, 4) is 0 Å². The molecule has 1 atom stereocenters. The van der Waals surface area contributed by atoms with Crippen LogP contribution in [-0.4, -0.2) is 60.3 Å². The lowest BCUT2D eigenvalue weighted by Gasteiger charge is -2.26. The summed E-state index contributed by atoms with van der Waals surface area (Å²) in [7, 11) is 4.09. The van der Waals surface area contributed by atoms with Crippen molar-refractivity contribution < 1.29 is 4.79 Å². The number of Topliss-reactive ketones (excluding diaryl/α,β-unsaturated/α-hetero) is 1. The highest BCUT2D eigenvalue weighted by Crippen LogP contribution is 2.13. The molecule has 2 rings (SSSR count). The average Bonchev–Trinajstić information content (AvgIpc) is 2.54. The zero-order valence-corrected chi connectivity index (χ0v) is 11.7. The molecule has 0 amide bonds. The van der Waals surface area contributed by atoms with Crippen LogP contribution in [0.4, 0.5) is 5.82 Å². The number of ketones is 1. The molecule has 2 heterocycles. The number of anilines is 1. The Bertz CT molecular complexity index is 449. The van der Waals surface area contributed by atoms with Crippen LogP contribution in [0.2, 0.25) is 0 Å². The van der Waals surface area contributed by atoms with Gasteiger partial charge in [0, 0.05) is 24.7 Å². The molecule has 5 heteroatoms. The number of pyridine rings is 1. The summed E-state index contributed by atoms with van der Waals surface area (Å²) in [4.78, 5) is 20.9. The fourth-order valence-corrected chi connectivity index (χ4v) is 2.53. The van der Waals surface area contributed by atoms with Crippen LogP contribution in [0.1, 0.15) is 12.0 Å². The summed E-state index contributed by atoms with van der Waals surface area (Å²) in [6.45, 7) is 2.79. The van der Waals surface area contributed by atoms with Crippen molar-refractivity contribution in [1.29, 1.82) is 0 Å². The Hall–Kier alpha value is -1.46. The zero-order valence-electron chi connectivity index (χ0n) is 11.7. The van der Waals surface area contributed by atoms with E-state index in [1.165, 1.54) is 0 Å². The molecule has 0 aliphatic carbocycles. The van der Waals surface area contributed by atoms with E-state index in [4.69, 9.17) is 5.73 Å². The van der Waals surface area contributed by atoms with Gasteiger partial charge in [-0.15, -0.1) is 0 Å². The maximum Gasteiger partial charge on any atom is 0.155 e. The van der Waals surface area contributed by atoms with E-state index in [-0.39, 0.29) is 11.8 Å². The Labute approximate surface area is 114 Å². The molecule has 0 aromatic carbocycles. The maximum atomic E-state index is 12.5. The molecular formula is C14H22N4O. The van der Waals surface area contributed by atoms with Gasteiger partial charge in [0.1, 0.15) is 5.82 Å². The molecule has 0 bridgehead atoms. The summed E-state index contributed by atoms with van der Waals surface area (Å²) in [5, 5.41) is 0. The third-order valence-corrected chi connectivity index (χ3v) is 3.73. The fourth-order valence-electron chi connectivity index (χ4n) is 2.53. The molecule has 104 valence electrons. The number of nitrogen functional groups attached to an aromatic ring is 1. The lowest BCUT2D eigenvalue weighted by molar-refractivity contribution is -0.123. The van der Waals surface area contributed by atoms with Crippen LogP contribution in [0.25, 0.3) is 0 Å². The topological polar surface area (TPSA) is 62.5 Å². The molecule has 1 saturated heterocycles. The van der Waals surface area contributed by atoms with E-state index in [2.05, 4.69) is 21.8 Å². The zero-order chi connectivity index (χ0) is 13.8. The van der Waals surface area contributed by atoms with Crippen LogP contribution >= 0.6 is 0 Å². The summed E-state index contributed by atoms with van der Waals surface area (Å²) in [6, 6.07) is 3.65. The monoisotopic (exact) mass is 262 g/mol. The Morgan fingerprint density at radius 3 is 3.00 bits per heavy atom. The van der Waals surface area contributed by atoms with Crippen molar-refractivity contribution in [3.63, 3.8) is 0 Å². The van der Waals surface area contributed by atoms with Crippen LogP contribution < -0.4 is 5.73 Å². The molecule has 5 nitrogen and oxygen atoms in total. The highest BCUT2D eigenvalue weighted by atomic mass is 16.1. The van der Waals surface area contributed by atoms with Crippen molar-refractivity contribution in [2.45, 2.75) is 18.9 Å². The first-order chi connectivity index (χ1) is 9.08. The summed E-state index contributed by atoms with van der Waals surface area (Å²) in [5.74, 6) is 0.677. The van der Waals surface area contributed by atoms with Crippen molar-refractivity contribution in [2.24, 2.45) is 0 Å². The molecular weight excluding hydrogens is 240 g/mol. The normalized spacial score (nSPS) is 22.1. The van der Waals surface area contributed by atoms with Crippen LogP contribution in [0.3, 0.4) is 0 Å². The van der Waals surface area contributed by atoms with Gasteiger partial charge < -0.3 is 10.6 Å². The number of likely N-dealkylation sites (N-methyl/N-ethyl adjacent to an activating group) is 2. The third-order valence-electron chi connectivity index (χ3n) is 3.73. The predicted octanol–water partition coefficient (Wildman–Crippen LogP) is 0.411. The minimum Gasteiger partial charge on any atom is -0.383 e. The van der Waals surface area contributed by atoms with Gasteiger partial charge in [0.2, 0.25) is 0 Å². The highest BCUT2D eigenvalue weighted by molar-refractivity contribution is 5.87. The number of hydrogen-bond acceptors (Lipinski definition) is 5. The molecule has 1 fully saturated rings. The Balaban J connectivity index is 2.08. The Morgan fingerprint density at radius 1 is 1.47 bits per heavy atom. The van der Waals surface area contributed by atoms with Crippen LogP contribution in [0.5, 0.6) is 0 Å². The van der Waals surface area contributed by atoms with Crippen molar-refractivity contribution in [2.75, 3.05) is 39.5 Å². The number of carbonyl (C=O) groups excluding carboxylic acids is 1. The van der Waals surface area contributed by atoms with Gasteiger partial charge in [0.05, 0.1) is 6.04 Å². The van der Waals surface area contributed by atoms with Crippen LogP contribution in [-0.2, 0) is 11.2 Å². The van der Waals surface area contributed by atoms with E-state index < -0.39 is 0 Å². The summed E-state index contributed by atoms with van der Waals surface area (Å²) >= 11 is 0. The number of nitrogens with zero attached hydrogens (tertiary/aromatic N) is 3. The summed E-state index contributed by atoms with van der Waals surface area (Å²) in [5.41, 5.74) is 6.63. The standard InChI is InChI=1S/C14H22N4O/c1-17-7-4-8-18(2)12(10-17)13(19)9-11-5-3-6-16-14(11)15/h3,5-6,12H,4,7-10H2,1-2H3,(H2,15,16). The van der Waals surface area contributed by atoms with Gasteiger partial charge in [-0.2, -0.15) is 0 Å². The molecule has 0 saturated carbocycles. The lowest BCUT2D eigenvalue weighted by atomic mass is 10.0. The van der Waals surface area contributed by atoms with Gasteiger partial charge in [-0.3, -0.25) is 9.69 Å². The van der Waals surface area contributed by atoms with Crippen molar-refractivity contribution >= 4 is 11.6 Å². The lowest BCUT2D eigenvalue weighted by Crippen LogP contribution is -2.44. The van der Waals surface area contributed by atoms with Crippen LogP contribution in [0, 0.1) is 0 Å². The number of nitrogens with two attached hydrogens (primary N) is 1. The molecule has 19 heavy (non-hydrogen) atoms. The molecule has 1 aromatic rings. The van der Waals surface area contributed by atoms with E-state index in [1.807, 2.05) is 19.2 Å². The van der Waals surface area contributed by atoms with Crippen molar-refractivity contribution in [3.05, 3.63) is 23.9 Å². The second kappa shape index (κ2) is 6.12.